The van der Waals surface area contributed by atoms with Gasteiger partial charge in [-0.05, 0) is 52.6 Å². The predicted molar refractivity (Wildman–Crippen MR) is 104 cm³/mol. The Balaban J connectivity index is 1.51. The normalized spacial score (nSPS) is 24.4. The molecule has 1 aromatic carbocycles. The molecule has 1 amide bonds. The highest BCUT2D eigenvalue weighted by Gasteiger charge is 2.42. The SMILES string of the molecule is CC(C)N1C[C@@]2(CCCN(CCCC(=O)c3ccccc3)C2)CCC1=O. The number of nitrogens with zero attached hydrogens (tertiary/aromatic N) is 2. The third kappa shape index (κ3) is 4.53. The van der Waals surface area contributed by atoms with Crippen molar-refractivity contribution in [2.45, 2.75) is 58.4 Å². The summed E-state index contributed by atoms with van der Waals surface area (Å²) in [4.78, 5) is 29.1. The number of amides is 1. The molecule has 0 saturated carbocycles. The second kappa shape index (κ2) is 8.34. The molecular weight excluding hydrogens is 324 g/mol. The van der Waals surface area contributed by atoms with Crippen LogP contribution in [-0.4, -0.2) is 53.7 Å². The highest BCUT2D eigenvalue weighted by atomic mass is 16.2. The molecular formula is C22H32N2O2. The Morgan fingerprint density at radius 2 is 1.92 bits per heavy atom. The van der Waals surface area contributed by atoms with Gasteiger partial charge in [0.1, 0.15) is 0 Å². The van der Waals surface area contributed by atoms with Gasteiger partial charge in [-0.2, -0.15) is 0 Å². The zero-order valence-electron chi connectivity index (χ0n) is 16.2. The van der Waals surface area contributed by atoms with Crippen LogP contribution in [0.5, 0.6) is 0 Å². The average molecular weight is 357 g/mol. The van der Waals surface area contributed by atoms with Crippen molar-refractivity contribution in [2.75, 3.05) is 26.2 Å². The minimum Gasteiger partial charge on any atom is -0.340 e. The highest BCUT2D eigenvalue weighted by Crippen LogP contribution is 2.39. The van der Waals surface area contributed by atoms with E-state index in [1.165, 1.54) is 12.8 Å². The van der Waals surface area contributed by atoms with E-state index in [4.69, 9.17) is 0 Å². The van der Waals surface area contributed by atoms with Crippen molar-refractivity contribution in [3.63, 3.8) is 0 Å². The van der Waals surface area contributed by atoms with E-state index in [2.05, 4.69) is 23.6 Å². The lowest BCUT2D eigenvalue weighted by atomic mass is 9.73. The standard InChI is InChI=1S/C22H32N2O2/c1-18(2)24-17-22(13-11-21(24)26)12-7-15-23(16-22)14-6-10-20(25)19-8-4-3-5-9-19/h3-5,8-9,18H,6-7,10-17H2,1-2H3/t22-/m0/s1. The molecule has 2 aliphatic rings. The van der Waals surface area contributed by atoms with Gasteiger partial charge in [-0.3, -0.25) is 9.59 Å². The minimum absolute atomic E-state index is 0.242. The highest BCUT2D eigenvalue weighted by molar-refractivity contribution is 5.95. The van der Waals surface area contributed by atoms with Crippen LogP contribution in [-0.2, 0) is 4.79 Å². The topological polar surface area (TPSA) is 40.6 Å². The van der Waals surface area contributed by atoms with E-state index in [1.807, 2.05) is 30.3 Å². The first kappa shape index (κ1) is 19.1. The van der Waals surface area contributed by atoms with E-state index < -0.39 is 0 Å². The van der Waals surface area contributed by atoms with Crippen molar-refractivity contribution in [3.8, 4) is 0 Å². The zero-order valence-corrected chi connectivity index (χ0v) is 16.2. The second-order valence-corrected chi connectivity index (χ2v) is 8.39. The van der Waals surface area contributed by atoms with Crippen molar-refractivity contribution in [1.82, 2.24) is 9.80 Å². The van der Waals surface area contributed by atoms with Gasteiger partial charge in [0.25, 0.3) is 0 Å². The molecule has 0 N–H and O–H groups in total. The molecule has 0 bridgehead atoms. The maximum Gasteiger partial charge on any atom is 0.222 e. The predicted octanol–water partition coefficient (Wildman–Crippen LogP) is 3.76. The Labute approximate surface area is 157 Å². The zero-order chi connectivity index (χ0) is 18.6. The summed E-state index contributed by atoms with van der Waals surface area (Å²) in [5, 5.41) is 0. The van der Waals surface area contributed by atoms with Crippen LogP contribution >= 0.6 is 0 Å². The lowest BCUT2D eigenvalue weighted by Crippen LogP contribution is -2.55. The lowest BCUT2D eigenvalue weighted by Gasteiger charge is -2.49. The third-order valence-electron chi connectivity index (χ3n) is 6.03. The van der Waals surface area contributed by atoms with Crippen LogP contribution < -0.4 is 0 Å². The number of hydrogen-bond acceptors (Lipinski definition) is 3. The summed E-state index contributed by atoms with van der Waals surface area (Å²) in [6.45, 7) is 8.32. The number of carbonyl (C=O) groups is 2. The Bertz CT molecular complexity index is 628. The van der Waals surface area contributed by atoms with E-state index in [0.717, 1.165) is 44.6 Å². The molecule has 0 radical (unpaired) electrons. The summed E-state index contributed by atoms with van der Waals surface area (Å²) in [5.41, 5.74) is 1.08. The molecule has 26 heavy (non-hydrogen) atoms. The van der Waals surface area contributed by atoms with Crippen molar-refractivity contribution < 1.29 is 9.59 Å². The quantitative estimate of drug-likeness (QED) is 0.729. The molecule has 2 aliphatic heterocycles. The van der Waals surface area contributed by atoms with E-state index >= 15 is 0 Å². The van der Waals surface area contributed by atoms with Gasteiger partial charge in [0, 0.05) is 43.0 Å². The fourth-order valence-corrected chi connectivity index (χ4v) is 4.58. The number of ketones is 1. The van der Waals surface area contributed by atoms with Gasteiger partial charge in [-0.1, -0.05) is 30.3 Å². The van der Waals surface area contributed by atoms with E-state index in [-0.39, 0.29) is 11.2 Å². The first-order valence-corrected chi connectivity index (χ1v) is 10.1. The monoisotopic (exact) mass is 356 g/mol. The van der Waals surface area contributed by atoms with Crippen molar-refractivity contribution >= 4 is 11.7 Å². The van der Waals surface area contributed by atoms with Crippen LogP contribution in [0.2, 0.25) is 0 Å². The molecule has 4 heteroatoms. The molecule has 0 aliphatic carbocycles. The molecule has 3 rings (SSSR count). The maximum absolute atomic E-state index is 12.3. The summed E-state index contributed by atoms with van der Waals surface area (Å²) in [7, 11) is 0. The average Bonchev–Trinajstić information content (AvgIpc) is 2.65. The van der Waals surface area contributed by atoms with Crippen LogP contribution in [0.1, 0.15) is 62.7 Å². The molecule has 1 spiro atoms. The largest absolute Gasteiger partial charge is 0.340 e. The fraction of sp³-hybridized carbons (Fsp3) is 0.636. The Kier molecular flexibility index (Phi) is 6.13. The van der Waals surface area contributed by atoms with E-state index in [0.29, 0.717) is 24.8 Å². The summed E-state index contributed by atoms with van der Waals surface area (Å²) in [6, 6.07) is 9.88. The minimum atomic E-state index is 0.242. The molecule has 4 nitrogen and oxygen atoms in total. The maximum atomic E-state index is 12.3. The second-order valence-electron chi connectivity index (χ2n) is 8.39. The Morgan fingerprint density at radius 3 is 2.65 bits per heavy atom. The molecule has 0 aromatic heterocycles. The van der Waals surface area contributed by atoms with Gasteiger partial charge in [0.05, 0.1) is 0 Å². The number of piperidine rings is 2. The summed E-state index contributed by atoms with van der Waals surface area (Å²) in [5.74, 6) is 0.558. The van der Waals surface area contributed by atoms with Crippen molar-refractivity contribution in [1.29, 1.82) is 0 Å². The number of carbonyl (C=O) groups excluding carboxylic acids is 2. The molecule has 142 valence electrons. The van der Waals surface area contributed by atoms with Crippen LogP contribution in [0.25, 0.3) is 0 Å². The van der Waals surface area contributed by atoms with Crippen molar-refractivity contribution in [3.05, 3.63) is 35.9 Å². The smallest absolute Gasteiger partial charge is 0.222 e. The van der Waals surface area contributed by atoms with Gasteiger partial charge in [0.15, 0.2) is 5.78 Å². The lowest BCUT2D eigenvalue weighted by molar-refractivity contribution is -0.141. The number of Topliss-reactive ketones (excluding diaryl/α,β-unsaturated/α-hetero) is 1. The van der Waals surface area contributed by atoms with E-state index in [1.54, 1.807) is 0 Å². The molecule has 1 atom stereocenters. The Hall–Kier alpha value is -1.68. The van der Waals surface area contributed by atoms with Crippen molar-refractivity contribution in [2.24, 2.45) is 5.41 Å². The van der Waals surface area contributed by atoms with Crippen LogP contribution in [0.4, 0.5) is 0 Å². The van der Waals surface area contributed by atoms with Gasteiger partial charge in [-0.25, -0.2) is 0 Å². The van der Waals surface area contributed by atoms with Gasteiger partial charge >= 0.3 is 0 Å². The summed E-state index contributed by atoms with van der Waals surface area (Å²) in [6.07, 6.45) is 5.67. The first-order valence-electron chi connectivity index (χ1n) is 10.1. The third-order valence-corrected chi connectivity index (χ3v) is 6.03. The molecule has 2 saturated heterocycles. The summed E-state index contributed by atoms with van der Waals surface area (Å²) < 4.78 is 0. The van der Waals surface area contributed by atoms with Gasteiger partial charge in [0.2, 0.25) is 5.91 Å². The number of benzene rings is 1. The number of rotatable bonds is 6. The molecule has 1 aromatic rings. The van der Waals surface area contributed by atoms with Gasteiger partial charge in [-0.15, -0.1) is 0 Å². The van der Waals surface area contributed by atoms with Crippen LogP contribution in [0, 0.1) is 5.41 Å². The first-order chi connectivity index (χ1) is 12.5. The van der Waals surface area contributed by atoms with Crippen LogP contribution in [0.15, 0.2) is 30.3 Å². The number of likely N-dealkylation sites (tertiary alicyclic amines) is 2. The Morgan fingerprint density at radius 1 is 1.15 bits per heavy atom. The molecule has 0 unspecified atom stereocenters. The summed E-state index contributed by atoms with van der Waals surface area (Å²) >= 11 is 0. The van der Waals surface area contributed by atoms with Gasteiger partial charge < -0.3 is 9.80 Å². The number of hydrogen-bond donors (Lipinski definition) is 0. The molecule has 2 fully saturated rings. The fourth-order valence-electron chi connectivity index (χ4n) is 4.58. The molecule has 2 heterocycles. The van der Waals surface area contributed by atoms with E-state index in [9.17, 15) is 9.59 Å². The van der Waals surface area contributed by atoms with Crippen LogP contribution in [0.3, 0.4) is 0 Å².